The molecular weight excluding hydrogens is 184 g/mol. The molecule has 1 heteroatoms. The fourth-order valence-electron chi connectivity index (χ4n) is 1.59. The minimum atomic E-state index is -0.250. The fourth-order valence-corrected chi connectivity index (χ4v) is 1.59. The van der Waals surface area contributed by atoms with E-state index in [0.29, 0.717) is 0 Å². The highest BCUT2D eigenvalue weighted by molar-refractivity contribution is 6.01. The van der Waals surface area contributed by atoms with Crippen molar-refractivity contribution in [1.82, 2.24) is 0 Å². The molecule has 0 atom stereocenters. The van der Waals surface area contributed by atoms with Crippen LogP contribution < -0.4 is 0 Å². The van der Waals surface area contributed by atoms with E-state index in [4.69, 9.17) is 0 Å². The molecule has 0 unspecified atom stereocenters. The summed E-state index contributed by atoms with van der Waals surface area (Å²) in [5.41, 5.74) is 2.91. The quantitative estimate of drug-likeness (QED) is 0.682. The lowest BCUT2D eigenvalue weighted by Crippen LogP contribution is -2.24. The van der Waals surface area contributed by atoms with Gasteiger partial charge in [-0.3, -0.25) is 4.79 Å². The zero-order chi connectivity index (χ0) is 11.6. The van der Waals surface area contributed by atoms with Crippen molar-refractivity contribution < 1.29 is 4.79 Å². The zero-order valence-corrected chi connectivity index (χ0v) is 10.3. The lowest BCUT2D eigenvalue weighted by Gasteiger charge is -2.22. The number of ketones is 1. The molecule has 0 saturated carbocycles. The first-order chi connectivity index (χ1) is 6.88. The summed E-state index contributed by atoms with van der Waals surface area (Å²) in [6.45, 7) is 10.1. The van der Waals surface area contributed by atoms with Crippen molar-refractivity contribution in [3.63, 3.8) is 0 Å². The van der Waals surface area contributed by atoms with E-state index < -0.39 is 0 Å². The molecule has 0 spiro atoms. The highest BCUT2D eigenvalue weighted by Gasteiger charge is 2.27. The third-order valence-corrected chi connectivity index (χ3v) is 3.13. The Kier molecular flexibility index (Phi) is 3.33. The van der Waals surface area contributed by atoms with Crippen LogP contribution in [0.1, 0.15) is 48.7 Å². The Morgan fingerprint density at radius 1 is 1.27 bits per heavy atom. The van der Waals surface area contributed by atoms with Crippen LogP contribution in [-0.4, -0.2) is 5.78 Å². The SMILES string of the molecule is CCC(C)(C)C(=O)c1ccc(C)cc1C. The van der Waals surface area contributed by atoms with Gasteiger partial charge in [-0.15, -0.1) is 0 Å². The lowest BCUT2D eigenvalue weighted by atomic mass is 9.80. The van der Waals surface area contributed by atoms with Gasteiger partial charge in [-0.05, 0) is 25.8 Å². The molecule has 0 aliphatic heterocycles. The highest BCUT2D eigenvalue weighted by Crippen LogP contribution is 2.27. The molecule has 15 heavy (non-hydrogen) atoms. The molecule has 0 heterocycles. The summed E-state index contributed by atoms with van der Waals surface area (Å²) < 4.78 is 0. The number of hydrogen-bond donors (Lipinski definition) is 0. The Labute approximate surface area is 92.5 Å². The maximum Gasteiger partial charge on any atom is 0.168 e. The predicted molar refractivity (Wildman–Crippen MR) is 64.3 cm³/mol. The van der Waals surface area contributed by atoms with E-state index in [1.54, 1.807) is 0 Å². The van der Waals surface area contributed by atoms with Crippen LogP contribution in [0, 0.1) is 19.3 Å². The van der Waals surface area contributed by atoms with Gasteiger partial charge < -0.3 is 0 Å². The minimum Gasteiger partial charge on any atom is -0.294 e. The van der Waals surface area contributed by atoms with Crippen molar-refractivity contribution in [1.29, 1.82) is 0 Å². The van der Waals surface area contributed by atoms with Crippen molar-refractivity contribution in [2.24, 2.45) is 5.41 Å². The largest absolute Gasteiger partial charge is 0.294 e. The molecule has 0 aromatic heterocycles. The topological polar surface area (TPSA) is 17.1 Å². The molecule has 1 aromatic rings. The van der Waals surface area contributed by atoms with E-state index in [9.17, 15) is 4.79 Å². The van der Waals surface area contributed by atoms with Gasteiger partial charge in [-0.1, -0.05) is 44.5 Å². The van der Waals surface area contributed by atoms with Gasteiger partial charge in [0.1, 0.15) is 0 Å². The summed E-state index contributed by atoms with van der Waals surface area (Å²) in [7, 11) is 0. The molecular formula is C14H20O. The Morgan fingerprint density at radius 2 is 1.87 bits per heavy atom. The third kappa shape index (κ3) is 2.47. The van der Waals surface area contributed by atoms with Crippen molar-refractivity contribution in [2.75, 3.05) is 0 Å². The van der Waals surface area contributed by atoms with E-state index in [-0.39, 0.29) is 11.2 Å². The van der Waals surface area contributed by atoms with Crippen LogP contribution in [0.15, 0.2) is 18.2 Å². The monoisotopic (exact) mass is 204 g/mol. The van der Waals surface area contributed by atoms with Crippen LogP contribution in [0.25, 0.3) is 0 Å². The van der Waals surface area contributed by atoms with Crippen LogP contribution in [0.3, 0.4) is 0 Å². The first kappa shape index (κ1) is 12.0. The van der Waals surface area contributed by atoms with Crippen molar-refractivity contribution in [3.05, 3.63) is 34.9 Å². The van der Waals surface area contributed by atoms with Crippen LogP contribution in [0.4, 0.5) is 0 Å². The zero-order valence-electron chi connectivity index (χ0n) is 10.3. The number of benzene rings is 1. The van der Waals surface area contributed by atoms with Gasteiger partial charge in [0.05, 0.1) is 0 Å². The molecule has 82 valence electrons. The number of carbonyl (C=O) groups excluding carboxylic acids is 1. The van der Waals surface area contributed by atoms with Crippen molar-refractivity contribution in [3.8, 4) is 0 Å². The summed E-state index contributed by atoms with van der Waals surface area (Å²) in [5, 5.41) is 0. The summed E-state index contributed by atoms with van der Waals surface area (Å²) in [4.78, 5) is 12.2. The second-order valence-corrected chi connectivity index (χ2v) is 4.88. The maximum atomic E-state index is 12.2. The molecule has 0 aliphatic carbocycles. The molecule has 0 amide bonds. The van der Waals surface area contributed by atoms with Gasteiger partial charge in [0.25, 0.3) is 0 Å². The Hall–Kier alpha value is -1.11. The summed E-state index contributed by atoms with van der Waals surface area (Å²) >= 11 is 0. The van der Waals surface area contributed by atoms with Crippen LogP contribution in [-0.2, 0) is 0 Å². The van der Waals surface area contributed by atoms with Crippen molar-refractivity contribution >= 4 is 5.78 Å². The molecule has 1 aromatic carbocycles. The van der Waals surface area contributed by atoms with Crippen LogP contribution >= 0.6 is 0 Å². The standard InChI is InChI=1S/C14H20O/c1-6-14(4,5)13(15)12-8-7-10(2)9-11(12)3/h7-9H,6H2,1-5H3. The Balaban J connectivity index is 3.12. The molecule has 0 aliphatic rings. The van der Waals surface area contributed by atoms with E-state index in [0.717, 1.165) is 17.5 Å². The average Bonchev–Trinajstić information content (AvgIpc) is 2.17. The second kappa shape index (κ2) is 4.18. The number of rotatable bonds is 3. The second-order valence-electron chi connectivity index (χ2n) is 4.88. The fraction of sp³-hybridized carbons (Fsp3) is 0.500. The van der Waals surface area contributed by atoms with Gasteiger partial charge in [0.15, 0.2) is 5.78 Å². The van der Waals surface area contributed by atoms with Gasteiger partial charge >= 0.3 is 0 Å². The molecule has 0 fully saturated rings. The minimum absolute atomic E-state index is 0.250. The molecule has 0 radical (unpaired) electrons. The molecule has 1 rings (SSSR count). The molecule has 1 nitrogen and oxygen atoms in total. The number of aryl methyl sites for hydroxylation is 2. The van der Waals surface area contributed by atoms with E-state index in [1.165, 1.54) is 5.56 Å². The van der Waals surface area contributed by atoms with Crippen LogP contribution in [0.2, 0.25) is 0 Å². The number of hydrogen-bond acceptors (Lipinski definition) is 1. The number of carbonyl (C=O) groups is 1. The lowest BCUT2D eigenvalue weighted by molar-refractivity contribution is 0.0832. The molecule has 0 bridgehead atoms. The van der Waals surface area contributed by atoms with Crippen LogP contribution in [0.5, 0.6) is 0 Å². The third-order valence-electron chi connectivity index (χ3n) is 3.13. The first-order valence-corrected chi connectivity index (χ1v) is 5.50. The van der Waals surface area contributed by atoms with Gasteiger partial charge in [0.2, 0.25) is 0 Å². The van der Waals surface area contributed by atoms with E-state index in [2.05, 4.69) is 13.0 Å². The Bertz CT molecular complexity index is 375. The van der Waals surface area contributed by atoms with E-state index in [1.807, 2.05) is 39.8 Å². The van der Waals surface area contributed by atoms with E-state index >= 15 is 0 Å². The summed E-state index contributed by atoms with van der Waals surface area (Å²) in [6.07, 6.45) is 0.874. The highest BCUT2D eigenvalue weighted by atomic mass is 16.1. The molecule has 0 saturated heterocycles. The smallest absolute Gasteiger partial charge is 0.168 e. The first-order valence-electron chi connectivity index (χ1n) is 5.50. The van der Waals surface area contributed by atoms with Gasteiger partial charge in [0, 0.05) is 11.0 Å². The number of Topliss-reactive ketones (excluding diaryl/α,β-unsaturated/α-hetero) is 1. The summed E-state index contributed by atoms with van der Waals surface area (Å²) in [5.74, 6) is 0.252. The van der Waals surface area contributed by atoms with Gasteiger partial charge in [-0.2, -0.15) is 0 Å². The summed E-state index contributed by atoms with van der Waals surface area (Å²) in [6, 6.07) is 6.02. The normalized spacial score (nSPS) is 11.5. The maximum absolute atomic E-state index is 12.2. The molecule has 0 N–H and O–H groups in total. The van der Waals surface area contributed by atoms with Gasteiger partial charge in [-0.25, -0.2) is 0 Å². The Morgan fingerprint density at radius 3 is 2.33 bits per heavy atom. The predicted octanol–water partition coefficient (Wildman–Crippen LogP) is 3.92. The van der Waals surface area contributed by atoms with Crippen molar-refractivity contribution in [2.45, 2.75) is 41.0 Å². The average molecular weight is 204 g/mol.